The van der Waals surface area contributed by atoms with Crippen molar-refractivity contribution in [2.24, 2.45) is 0 Å². The van der Waals surface area contributed by atoms with Crippen molar-refractivity contribution in [3.63, 3.8) is 0 Å². The SMILES string of the molecule is CC/C=C\C/C=C\C/C=C\C/C=C\C/C=C\CCCCCCCCCCCCCCCCCCCCCCCCCCCC(=O)OC(COC(=O)CCCCCCC/C=C\CCCC)COC(OCC[N+](C)(C)C)C(=O)[O-]. The Morgan fingerprint density at radius 1 is 0.403 bits per heavy atom. The molecule has 0 rings (SSSR count). The van der Waals surface area contributed by atoms with E-state index in [0.29, 0.717) is 17.4 Å². The van der Waals surface area contributed by atoms with Gasteiger partial charge in [0.05, 0.1) is 40.3 Å². The van der Waals surface area contributed by atoms with Crippen molar-refractivity contribution in [1.29, 1.82) is 0 Å². The molecule has 0 fully saturated rings. The first-order chi connectivity index (χ1) is 37.6. The zero-order valence-electron chi connectivity index (χ0n) is 50.8. The molecule has 2 unspecified atom stereocenters. The molecule has 0 aliphatic rings. The Kier molecular flexibility index (Phi) is 56.4. The first-order valence-corrected chi connectivity index (χ1v) is 32.1. The fourth-order valence-electron chi connectivity index (χ4n) is 9.02. The smallest absolute Gasteiger partial charge is 0.306 e. The average Bonchev–Trinajstić information content (AvgIpc) is 3.40. The summed E-state index contributed by atoms with van der Waals surface area (Å²) < 4.78 is 22.7. The van der Waals surface area contributed by atoms with Gasteiger partial charge < -0.3 is 33.3 Å². The van der Waals surface area contributed by atoms with Gasteiger partial charge in [0.15, 0.2) is 12.4 Å². The third-order valence-corrected chi connectivity index (χ3v) is 13.9. The molecular weight excluding hydrogens is 959 g/mol. The minimum absolute atomic E-state index is 0.147. The molecule has 9 nitrogen and oxygen atoms in total. The van der Waals surface area contributed by atoms with E-state index in [9.17, 15) is 19.5 Å². The second kappa shape index (κ2) is 58.9. The summed E-state index contributed by atoms with van der Waals surface area (Å²) in [5.41, 5.74) is 0. The van der Waals surface area contributed by atoms with Crippen LogP contribution in [0, 0.1) is 0 Å². The Bertz CT molecular complexity index is 1490. The van der Waals surface area contributed by atoms with Crippen molar-refractivity contribution in [2.45, 2.75) is 296 Å². The van der Waals surface area contributed by atoms with Crippen molar-refractivity contribution in [2.75, 3.05) is 47.5 Å². The van der Waals surface area contributed by atoms with Crippen molar-refractivity contribution in [1.82, 2.24) is 0 Å². The standard InChI is InChI=1S/C68H121NO8/c1-6-8-10-12-14-16-18-19-20-21-22-23-24-25-26-27-28-29-30-31-32-33-34-35-36-37-38-39-40-41-42-43-44-45-46-47-49-51-53-55-57-59-66(71)77-64(63-76-68(67(72)73)74-61-60-69(3,4)5)62-75-65(70)58-56-54-52-50-48-17-15-13-11-9-7-2/h8,10,13-16,19-20,22-23,25-26,64,68H,6-7,9,11-12,17-18,21,24,27-63H2,1-5H3/b10-8-,15-13-,16-14-,20-19-,23-22-,26-25-. The van der Waals surface area contributed by atoms with Gasteiger partial charge in [0.1, 0.15) is 13.2 Å². The number of esters is 2. The fourth-order valence-corrected chi connectivity index (χ4v) is 9.02. The number of hydrogen-bond acceptors (Lipinski definition) is 8. The highest BCUT2D eigenvalue weighted by atomic mass is 16.7. The van der Waals surface area contributed by atoms with E-state index in [1.54, 1.807) is 0 Å². The number of carboxylic acids is 1. The molecule has 0 saturated heterocycles. The van der Waals surface area contributed by atoms with E-state index >= 15 is 0 Å². The molecule has 0 spiro atoms. The molecule has 0 aromatic rings. The molecule has 2 atom stereocenters. The van der Waals surface area contributed by atoms with E-state index in [1.807, 2.05) is 21.1 Å². The molecule has 0 heterocycles. The number of ether oxygens (including phenoxy) is 4. The van der Waals surface area contributed by atoms with Crippen molar-refractivity contribution >= 4 is 17.9 Å². The van der Waals surface area contributed by atoms with Crippen LogP contribution in [0.5, 0.6) is 0 Å². The van der Waals surface area contributed by atoms with Gasteiger partial charge in [-0.1, -0.05) is 267 Å². The topological polar surface area (TPSA) is 111 Å². The van der Waals surface area contributed by atoms with E-state index in [1.165, 1.54) is 161 Å². The lowest BCUT2D eigenvalue weighted by molar-refractivity contribution is -0.870. The van der Waals surface area contributed by atoms with Crippen LogP contribution in [0.2, 0.25) is 0 Å². The minimum Gasteiger partial charge on any atom is -0.545 e. The predicted molar refractivity (Wildman–Crippen MR) is 325 cm³/mol. The van der Waals surface area contributed by atoms with Gasteiger partial charge in [0.2, 0.25) is 0 Å². The number of hydrogen-bond donors (Lipinski definition) is 0. The van der Waals surface area contributed by atoms with E-state index in [4.69, 9.17) is 18.9 Å². The van der Waals surface area contributed by atoms with Gasteiger partial charge in [-0.25, -0.2) is 0 Å². The number of nitrogens with zero attached hydrogens (tertiary/aromatic N) is 1. The van der Waals surface area contributed by atoms with E-state index in [2.05, 4.69) is 86.8 Å². The quantitative estimate of drug-likeness (QED) is 0.0195. The largest absolute Gasteiger partial charge is 0.545 e. The molecule has 0 N–H and O–H groups in total. The number of quaternary nitrogens is 1. The van der Waals surface area contributed by atoms with Crippen LogP contribution < -0.4 is 5.11 Å². The maximum absolute atomic E-state index is 12.9. The lowest BCUT2D eigenvalue weighted by atomic mass is 10.0. The maximum Gasteiger partial charge on any atom is 0.306 e. The Hall–Kier alpha value is -3.27. The number of carbonyl (C=O) groups is 3. The van der Waals surface area contributed by atoms with Crippen LogP contribution in [0.25, 0.3) is 0 Å². The predicted octanol–water partition coefficient (Wildman–Crippen LogP) is 18.0. The third kappa shape index (κ3) is 60.2. The van der Waals surface area contributed by atoms with Crippen molar-refractivity contribution in [3.8, 4) is 0 Å². The number of likely N-dealkylation sites (N-methyl/N-ethyl adjacent to an activating group) is 1. The first kappa shape index (κ1) is 73.7. The molecule has 0 aliphatic carbocycles. The van der Waals surface area contributed by atoms with Gasteiger partial charge in [0, 0.05) is 12.8 Å². The number of rotatable bonds is 59. The highest BCUT2D eigenvalue weighted by Crippen LogP contribution is 2.17. The molecule has 0 aliphatic heterocycles. The molecule has 0 aromatic carbocycles. The van der Waals surface area contributed by atoms with E-state index < -0.39 is 24.3 Å². The monoisotopic (exact) mass is 1080 g/mol. The molecule has 0 bridgehead atoms. The van der Waals surface area contributed by atoms with Crippen LogP contribution in [0.15, 0.2) is 72.9 Å². The van der Waals surface area contributed by atoms with E-state index in [0.717, 1.165) is 89.9 Å². The van der Waals surface area contributed by atoms with Crippen LogP contribution in [-0.2, 0) is 33.3 Å². The average molecular weight is 1080 g/mol. The second-order valence-corrected chi connectivity index (χ2v) is 22.7. The lowest BCUT2D eigenvalue weighted by Crippen LogP contribution is -2.44. The summed E-state index contributed by atoms with van der Waals surface area (Å²) >= 11 is 0. The number of carboxylic acid groups (broad SMARTS) is 1. The minimum atomic E-state index is -1.62. The highest BCUT2D eigenvalue weighted by Gasteiger charge is 2.22. The Morgan fingerprint density at radius 2 is 0.740 bits per heavy atom. The fraction of sp³-hybridized carbons (Fsp3) is 0.779. The molecule has 446 valence electrons. The molecule has 77 heavy (non-hydrogen) atoms. The Morgan fingerprint density at radius 3 is 1.12 bits per heavy atom. The van der Waals surface area contributed by atoms with Gasteiger partial charge in [-0.05, 0) is 77.0 Å². The summed E-state index contributed by atoms with van der Waals surface area (Å²) in [4.78, 5) is 37.2. The summed E-state index contributed by atoms with van der Waals surface area (Å²) in [6, 6.07) is 0. The Labute approximate surface area is 475 Å². The summed E-state index contributed by atoms with van der Waals surface area (Å²) in [5, 5.41) is 11.8. The zero-order chi connectivity index (χ0) is 56.2. The summed E-state index contributed by atoms with van der Waals surface area (Å²) in [6.45, 7) is 4.60. The van der Waals surface area contributed by atoms with Gasteiger partial charge in [-0.2, -0.15) is 0 Å². The molecule has 0 saturated carbocycles. The molecular formula is C68H121NO8. The molecule has 0 radical (unpaired) electrons. The maximum atomic E-state index is 12.9. The summed E-state index contributed by atoms with van der Waals surface area (Å²) in [7, 11) is 5.92. The van der Waals surface area contributed by atoms with Gasteiger partial charge >= 0.3 is 11.9 Å². The summed E-state index contributed by atoms with van der Waals surface area (Å²) in [6.07, 6.45) is 74.4. The van der Waals surface area contributed by atoms with Crippen LogP contribution >= 0.6 is 0 Å². The number of unbranched alkanes of at least 4 members (excludes halogenated alkanes) is 32. The molecule has 0 aromatic heterocycles. The van der Waals surface area contributed by atoms with E-state index in [-0.39, 0.29) is 38.6 Å². The van der Waals surface area contributed by atoms with Crippen LogP contribution in [0.3, 0.4) is 0 Å². The number of allylic oxidation sites excluding steroid dienone is 12. The normalized spacial score (nSPS) is 13.2. The lowest BCUT2D eigenvalue weighted by Gasteiger charge is -2.26. The van der Waals surface area contributed by atoms with Crippen LogP contribution in [0.4, 0.5) is 0 Å². The van der Waals surface area contributed by atoms with Gasteiger partial charge in [-0.3, -0.25) is 9.59 Å². The zero-order valence-corrected chi connectivity index (χ0v) is 50.8. The summed E-state index contributed by atoms with van der Waals surface area (Å²) in [5.74, 6) is -2.28. The van der Waals surface area contributed by atoms with Crippen molar-refractivity contribution < 1.29 is 42.9 Å². The van der Waals surface area contributed by atoms with Crippen LogP contribution in [0.1, 0.15) is 284 Å². The van der Waals surface area contributed by atoms with Gasteiger partial charge in [-0.15, -0.1) is 0 Å². The highest BCUT2D eigenvalue weighted by molar-refractivity contribution is 5.70. The molecule has 9 heteroatoms. The molecule has 0 amide bonds. The first-order valence-electron chi connectivity index (χ1n) is 32.1. The second-order valence-electron chi connectivity index (χ2n) is 22.7. The number of aliphatic carboxylic acids is 1. The number of carbonyl (C=O) groups excluding carboxylic acids is 3. The third-order valence-electron chi connectivity index (χ3n) is 13.9. The van der Waals surface area contributed by atoms with Gasteiger partial charge in [0.25, 0.3) is 0 Å². The van der Waals surface area contributed by atoms with Crippen molar-refractivity contribution in [3.05, 3.63) is 72.9 Å². The van der Waals surface area contributed by atoms with Crippen LogP contribution in [-0.4, -0.2) is 82.3 Å². The Balaban J connectivity index is 3.89.